The molecule has 0 saturated heterocycles. The second kappa shape index (κ2) is 7.46. The van der Waals surface area contributed by atoms with Crippen LogP contribution in [0.25, 0.3) is 0 Å². The highest BCUT2D eigenvalue weighted by Crippen LogP contribution is 2.31. The highest BCUT2D eigenvalue weighted by molar-refractivity contribution is 5.84. The summed E-state index contributed by atoms with van der Waals surface area (Å²) in [5.41, 5.74) is 0. The minimum Gasteiger partial charge on any atom is -0.466 e. The van der Waals surface area contributed by atoms with Gasteiger partial charge < -0.3 is 4.74 Å². The van der Waals surface area contributed by atoms with Crippen molar-refractivity contribution in [3.63, 3.8) is 0 Å². The molecule has 17 heavy (non-hydrogen) atoms. The summed E-state index contributed by atoms with van der Waals surface area (Å²) in [6, 6.07) is 0. The van der Waals surface area contributed by atoms with E-state index >= 15 is 0 Å². The van der Waals surface area contributed by atoms with Crippen molar-refractivity contribution in [2.45, 2.75) is 58.8 Å². The number of Topliss-reactive ketones (excluding diaryl/α,β-unsaturated/α-hetero) is 1. The van der Waals surface area contributed by atoms with Crippen molar-refractivity contribution < 1.29 is 14.3 Å². The molecule has 0 unspecified atom stereocenters. The summed E-state index contributed by atoms with van der Waals surface area (Å²) >= 11 is 0. The zero-order valence-electron chi connectivity index (χ0n) is 11.0. The van der Waals surface area contributed by atoms with Crippen molar-refractivity contribution in [3.05, 3.63) is 0 Å². The van der Waals surface area contributed by atoms with Crippen molar-refractivity contribution >= 4 is 11.8 Å². The van der Waals surface area contributed by atoms with Crippen molar-refractivity contribution in [1.82, 2.24) is 0 Å². The topological polar surface area (TPSA) is 43.4 Å². The molecule has 1 rings (SSSR count). The van der Waals surface area contributed by atoms with Crippen LogP contribution in [0.5, 0.6) is 0 Å². The van der Waals surface area contributed by atoms with Crippen LogP contribution in [0.4, 0.5) is 0 Å². The van der Waals surface area contributed by atoms with E-state index in [-0.39, 0.29) is 24.1 Å². The highest BCUT2D eigenvalue weighted by atomic mass is 16.5. The second-order valence-corrected chi connectivity index (χ2v) is 4.90. The molecule has 1 aliphatic carbocycles. The molecule has 1 fully saturated rings. The SMILES string of the molecule is CCOC(=O)CCC(=O)C1CCC(CC)CC1. The van der Waals surface area contributed by atoms with Gasteiger partial charge >= 0.3 is 5.97 Å². The first-order valence-corrected chi connectivity index (χ1v) is 6.85. The maximum Gasteiger partial charge on any atom is 0.306 e. The first kappa shape index (κ1) is 14.2. The van der Waals surface area contributed by atoms with E-state index in [1.54, 1.807) is 6.92 Å². The molecule has 0 bridgehead atoms. The van der Waals surface area contributed by atoms with E-state index in [4.69, 9.17) is 4.74 Å². The third-order valence-electron chi connectivity index (χ3n) is 3.76. The summed E-state index contributed by atoms with van der Waals surface area (Å²) in [7, 11) is 0. The van der Waals surface area contributed by atoms with Crippen LogP contribution in [0.15, 0.2) is 0 Å². The Kier molecular flexibility index (Phi) is 6.23. The first-order chi connectivity index (χ1) is 8.17. The normalized spacial score (nSPS) is 24.4. The minimum absolute atomic E-state index is 0.201. The Labute approximate surface area is 104 Å². The quantitative estimate of drug-likeness (QED) is 0.670. The van der Waals surface area contributed by atoms with Gasteiger partial charge in [0.05, 0.1) is 13.0 Å². The summed E-state index contributed by atoms with van der Waals surface area (Å²) in [6.45, 7) is 4.40. The monoisotopic (exact) mass is 240 g/mol. The third kappa shape index (κ3) is 4.88. The minimum atomic E-state index is -0.247. The molecule has 3 nitrogen and oxygen atoms in total. The maximum absolute atomic E-state index is 11.9. The van der Waals surface area contributed by atoms with Crippen LogP contribution in [0.3, 0.4) is 0 Å². The second-order valence-electron chi connectivity index (χ2n) is 4.90. The molecule has 0 N–H and O–H groups in total. The van der Waals surface area contributed by atoms with Crippen LogP contribution < -0.4 is 0 Å². The van der Waals surface area contributed by atoms with Gasteiger partial charge in [-0.1, -0.05) is 13.3 Å². The summed E-state index contributed by atoms with van der Waals surface area (Å²) in [4.78, 5) is 23.0. The zero-order chi connectivity index (χ0) is 12.7. The van der Waals surface area contributed by atoms with Crippen LogP contribution in [-0.4, -0.2) is 18.4 Å². The summed E-state index contributed by atoms with van der Waals surface area (Å²) < 4.78 is 4.82. The Hall–Kier alpha value is -0.860. The Morgan fingerprint density at radius 1 is 1.06 bits per heavy atom. The van der Waals surface area contributed by atoms with E-state index < -0.39 is 0 Å². The third-order valence-corrected chi connectivity index (χ3v) is 3.76. The largest absolute Gasteiger partial charge is 0.466 e. The molecule has 1 saturated carbocycles. The Balaban J connectivity index is 2.22. The Bertz CT molecular complexity index is 252. The fourth-order valence-electron chi connectivity index (χ4n) is 2.56. The molecular formula is C14H24O3. The molecule has 0 spiro atoms. The van der Waals surface area contributed by atoms with E-state index in [0.717, 1.165) is 18.8 Å². The number of ketones is 1. The Morgan fingerprint density at radius 2 is 1.71 bits per heavy atom. The molecule has 0 atom stereocenters. The zero-order valence-corrected chi connectivity index (χ0v) is 11.0. The average Bonchev–Trinajstić information content (AvgIpc) is 2.36. The number of rotatable bonds is 6. The van der Waals surface area contributed by atoms with Crippen molar-refractivity contribution in [2.75, 3.05) is 6.61 Å². The van der Waals surface area contributed by atoms with E-state index in [2.05, 4.69) is 6.92 Å². The lowest BCUT2D eigenvalue weighted by molar-refractivity contribution is -0.144. The van der Waals surface area contributed by atoms with Gasteiger partial charge in [-0.25, -0.2) is 0 Å². The van der Waals surface area contributed by atoms with Crippen molar-refractivity contribution in [3.8, 4) is 0 Å². The van der Waals surface area contributed by atoms with Crippen molar-refractivity contribution in [1.29, 1.82) is 0 Å². The van der Waals surface area contributed by atoms with Crippen LogP contribution >= 0.6 is 0 Å². The van der Waals surface area contributed by atoms with Gasteiger partial charge in [0, 0.05) is 12.3 Å². The van der Waals surface area contributed by atoms with Crippen LogP contribution in [0.2, 0.25) is 0 Å². The molecule has 0 radical (unpaired) electrons. The van der Waals surface area contributed by atoms with Crippen LogP contribution in [0.1, 0.15) is 58.8 Å². The molecule has 98 valence electrons. The maximum atomic E-state index is 11.9. The van der Waals surface area contributed by atoms with Gasteiger partial charge in [-0.15, -0.1) is 0 Å². The molecule has 0 aromatic heterocycles. The van der Waals surface area contributed by atoms with Gasteiger partial charge in [0.2, 0.25) is 0 Å². The predicted molar refractivity (Wildman–Crippen MR) is 66.6 cm³/mol. The lowest BCUT2D eigenvalue weighted by Gasteiger charge is -2.26. The lowest BCUT2D eigenvalue weighted by Crippen LogP contribution is -2.22. The Morgan fingerprint density at radius 3 is 2.24 bits per heavy atom. The van der Waals surface area contributed by atoms with Gasteiger partial charge in [0.1, 0.15) is 5.78 Å². The van der Waals surface area contributed by atoms with Gasteiger partial charge in [-0.05, 0) is 38.5 Å². The summed E-state index contributed by atoms with van der Waals surface area (Å²) in [6.07, 6.45) is 6.21. The predicted octanol–water partition coefficient (Wildman–Crippen LogP) is 3.12. The van der Waals surface area contributed by atoms with Crippen LogP contribution in [-0.2, 0) is 14.3 Å². The van der Waals surface area contributed by atoms with Crippen LogP contribution in [0, 0.1) is 11.8 Å². The number of carbonyl (C=O) groups excluding carboxylic acids is 2. The summed E-state index contributed by atoms with van der Waals surface area (Å²) in [5, 5.41) is 0. The van der Waals surface area contributed by atoms with Gasteiger partial charge in [0.25, 0.3) is 0 Å². The van der Waals surface area contributed by atoms with E-state index in [1.807, 2.05) is 0 Å². The standard InChI is InChI=1S/C14H24O3/c1-3-11-5-7-12(8-6-11)13(15)9-10-14(16)17-4-2/h11-12H,3-10H2,1-2H3. The lowest BCUT2D eigenvalue weighted by atomic mass is 9.78. The number of hydrogen-bond acceptors (Lipinski definition) is 3. The molecule has 0 amide bonds. The number of esters is 1. The molecule has 0 aromatic carbocycles. The van der Waals surface area contributed by atoms with E-state index in [1.165, 1.54) is 19.3 Å². The molecule has 0 aromatic rings. The first-order valence-electron chi connectivity index (χ1n) is 6.85. The van der Waals surface area contributed by atoms with Gasteiger partial charge in [0.15, 0.2) is 0 Å². The number of hydrogen-bond donors (Lipinski definition) is 0. The molecule has 1 aliphatic rings. The van der Waals surface area contributed by atoms with E-state index in [0.29, 0.717) is 13.0 Å². The van der Waals surface area contributed by atoms with E-state index in [9.17, 15) is 9.59 Å². The molecule has 0 heterocycles. The average molecular weight is 240 g/mol. The smallest absolute Gasteiger partial charge is 0.306 e. The summed E-state index contributed by atoms with van der Waals surface area (Å²) in [5.74, 6) is 1.02. The number of ether oxygens (including phenoxy) is 1. The fraction of sp³-hybridized carbons (Fsp3) is 0.857. The molecular weight excluding hydrogens is 216 g/mol. The number of carbonyl (C=O) groups is 2. The van der Waals surface area contributed by atoms with Gasteiger partial charge in [-0.2, -0.15) is 0 Å². The molecule has 0 aliphatic heterocycles. The highest BCUT2D eigenvalue weighted by Gasteiger charge is 2.25. The van der Waals surface area contributed by atoms with Gasteiger partial charge in [-0.3, -0.25) is 9.59 Å². The fourth-order valence-corrected chi connectivity index (χ4v) is 2.56. The molecule has 3 heteroatoms. The van der Waals surface area contributed by atoms with Crippen molar-refractivity contribution in [2.24, 2.45) is 11.8 Å².